The summed E-state index contributed by atoms with van der Waals surface area (Å²) in [5.74, 6) is -0.506. The Morgan fingerprint density at radius 2 is 1.86 bits per heavy atom. The van der Waals surface area contributed by atoms with Gasteiger partial charge in [-0.25, -0.2) is 9.18 Å². The van der Waals surface area contributed by atoms with Crippen molar-refractivity contribution < 1.29 is 23.5 Å². The van der Waals surface area contributed by atoms with Crippen LogP contribution in [0.25, 0.3) is 0 Å². The summed E-state index contributed by atoms with van der Waals surface area (Å²) >= 11 is 0. The van der Waals surface area contributed by atoms with E-state index < -0.39 is 23.3 Å². The van der Waals surface area contributed by atoms with Crippen molar-refractivity contribution in [1.29, 1.82) is 0 Å². The number of ketones is 1. The third-order valence-corrected chi connectivity index (χ3v) is 5.06. The highest BCUT2D eigenvalue weighted by molar-refractivity contribution is 6.07. The Hall–Kier alpha value is -3.22. The highest BCUT2D eigenvalue weighted by Crippen LogP contribution is 2.34. The number of carbonyl (C=O) groups is 3. The Morgan fingerprint density at radius 1 is 1.18 bits per heavy atom. The van der Waals surface area contributed by atoms with E-state index in [1.165, 1.54) is 38.3 Å². The number of benzene rings is 2. The van der Waals surface area contributed by atoms with Crippen LogP contribution < -0.4 is 10.1 Å². The van der Waals surface area contributed by atoms with Gasteiger partial charge in [-0.1, -0.05) is 19.1 Å². The number of nitrogens with zero attached hydrogens (tertiary/aromatic N) is 1. The van der Waals surface area contributed by atoms with Crippen LogP contribution >= 0.6 is 0 Å². The molecule has 7 heteroatoms. The lowest BCUT2D eigenvalue weighted by molar-refractivity contribution is -0.132. The molecule has 3 amide bonds. The molecule has 0 bridgehead atoms. The molecule has 6 nitrogen and oxygen atoms in total. The van der Waals surface area contributed by atoms with Crippen LogP contribution in [-0.4, -0.2) is 29.7 Å². The molecule has 28 heavy (non-hydrogen) atoms. The van der Waals surface area contributed by atoms with Gasteiger partial charge in [-0.15, -0.1) is 0 Å². The molecule has 1 heterocycles. The van der Waals surface area contributed by atoms with Gasteiger partial charge in [0.1, 0.15) is 17.1 Å². The van der Waals surface area contributed by atoms with Gasteiger partial charge in [0.15, 0.2) is 5.78 Å². The highest BCUT2D eigenvalue weighted by atomic mass is 19.1. The molecule has 1 N–H and O–H groups in total. The zero-order valence-electron chi connectivity index (χ0n) is 15.9. The van der Waals surface area contributed by atoms with E-state index in [0.717, 1.165) is 4.90 Å². The third-order valence-electron chi connectivity index (χ3n) is 5.06. The first-order chi connectivity index (χ1) is 13.3. The van der Waals surface area contributed by atoms with E-state index in [0.29, 0.717) is 28.9 Å². The minimum atomic E-state index is -1.25. The zero-order chi connectivity index (χ0) is 20.5. The first-order valence-electron chi connectivity index (χ1n) is 8.90. The number of amides is 3. The van der Waals surface area contributed by atoms with Crippen LogP contribution in [0.2, 0.25) is 0 Å². The lowest BCUT2D eigenvalue weighted by Crippen LogP contribution is -2.43. The van der Waals surface area contributed by atoms with E-state index in [-0.39, 0.29) is 12.3 Å². The number of urea groups is 1. The molecule has 0 spiro atoms. The van der Waals surface area contributed by atoms with Crippen molar-refractivity contribution in [3.05, 3.63) is 65.0 Å². The normalized spacial score (nSPS) is 18.9. The quantitative estimate of drug-likeness (QED) is 0.612. The van der Waals surface area contributed by atoms with Crippen molar-refractivity contribution in [3.8, 4) is 5.75 Å². The van der Waals surface area contributed by atoms with Gasteiger partial charge in [-0.05, 0) is 49.2 Å². The summed E-state index contributed by atoms with van der Waals surface area (Å²) in [6.07, 6.45) is 0.310. The van der Waals surface area contributed by atoms with E-state index in [9.17, 15) is 18.8 Å². The predicted molar refractivity (Wildman–Crippen MR) is 100 cm³/mol. The Balaban J connectivity index is 1.97. The molecular weight excluding hydrogens is 363 g/mol. The van der Waals surface area contributed by atoms with Gasteiger partial charge in [0, 0.05) is 11.1 Å². The molecule has 2 aromatic rings. The average molecular weight is 384 g/mol. The number of rotatable bonds is 6. The lowest BCUT2D eigenvalue weighted by Gasteiger charge is -2.26. The first-order valence-corrected chi connectivity index (χ1v) is 8.90. The molecule has 0 saturated carbocycles. The maximum absolute atomic E-state index is 13.3. The van der Waals surface area contributed by atoms with Crippen LogP contribution in [0.5, 0.6) is 5.75 Å². The van der Waals surface area contributed by atoms with Gasteiger partial charge >= 0.3 is 6.03 Å². The van der Waals surface area contributed by atoms with Gasteiger partial charge in [-0.2, -0.15) is 0 Å². The molecule has 0 aromatic heterocycles. The summed E-state index contributed by atoms with van der Waals surface area (Å²) in [4.78, 5) is 38.6. The summed E-state index contributed by atoms with van der Waals surface area (Å²) in [7, 11) is 1.48. The van der Waals surface area contributed by atoms with Crippen molar-refractivity contribution in [3.63, 3.8) is 0 Å². The van der Waals surface area contributed by atoms with E-state index in [1.54, 1.807) is 25.1 Å². The molecule has 0 radical (unpaired) electrons. The van der Waals surface area contributed by atoms with Crippen molar-refractivity contribution >= 4 is 17.7 Å². The van der Waals surface area contributed by atoms with E-state index in [4.69, 9.17) is 4.74 Å². The van der Waals surface area contributed by atoms with Crippen LogP contribution in [-0.2, 0) is 16.9 Å². The fraction of sp³-hybridized carbons (Fsp3) is 0.286. The zero-order valence-corrected chi connectivity index (χ0v) is 15.9. The summed E-state index contributed by atoms with van der Waals surface area (Å²) in [5.41, 5.74) is 0.269. The van der Waals surface area contributed by atoms with E-state index in [1.807, 2.05) is 0 Å². The Labute approximate surface area is 162 Å². The van der Waals surface area contributed by atoms with Crippen LogP contribution in [0.15, 0.2) is 42.5 Å². The molecule has 1 saturated heterocycles. The molecular formula is C21H21FN2O4. The molecule has 1 fully saturated rings. The van der Waals surface area contributed by atoms with Crippen LogP contribution in [0.3, 0.4) is 0 Å². The summed E-state index contributed by atoms with van der Waals surface area (Å²) < 4.78 is 18.6. The maximum Gasteiger partial charge on any atom is 0.325 e. The minimum Gasteiger partial charge on any atom is -0.496 e. The fourth-order valence-corrected chi connectivity index (χ4v) is 3.43. The summed E-state index contributed by atoms with van der Waals surface area (Å²) in [6.45, 7) is 3.18. The average Bonchev–Trinajstić information content (AvgIpc) is 2.93. The number of nitrogens with one attached hydrogen (secondary N) is 1. The van der Waals surface area contributed by atoms with E-state index in [2.05, 4.69) is 5.32 Å². The molecule has 1 atom stereocenters. The number of imide groups is 1. The third kappa shape index (κ3) is 3.24. The Bertz CT molecular complexity index is 942. The molecule has 0 aliphatic carbocycles. The Kier molecular flexibility index (Phi) is 5.18. The highest BCUT2D eigenvalue weighted by Gasteiger charge is 2.51. The topological polar surface area (TPSA) is 75.7 Å². The van der Waals surface area contributed by atoms with Gasteiger partial charge in [0.2, 0.25) is 0 Å². The Morgan fingerprint density at radius 3 is 2.43 bits per heavy atom. The van der Waals surface area contributed by atoms with Gasteiger partial charge in [0.05, 0.1) is 13.7 Å². The number of methoxy groups -OCH3 is 1. The molecule has 1 unspecified atom stereocenters. The fourth-order valence-electron chi connectivity index (χ4n) is 3.43. The largest absolute Gasteiger partial charge is 0.496 e. The second-order valence-electron chi connectivity index (χ2n) is 6.67. The second kappa shape index (κ2) is 7.42. The van der Waals surface area contributed by atoms with Crippen LogP contribution in [0, 0.1) is 5.82 Å². The standard InChI is InChI=1S/C21H21FN2O4/c1-4-21(16-6-8-17(22)9-7-16)19(26)24(20(27)23-21)12-15-11-14(13(2)25)5-10-18(15)28-3/h5-11H,4,12H2,1-3H3,(H,23,27). The van der Waals surface area contributed by atoms with Crippen LogP contribution in [0.1, 0.15) is 41.8 Å². The van der Waals surface area contributed by atoms with E-state index >= 15 is 0 Å². The second-order valence-corrected chi connectivity index (χ2v) is 6.67. The lowest BCUT2D eigenvalue weighted by atomic mass is 9.87. The summed E-state index contributed by atoms with van der Waals surface area (Å²) in [5, 5.41) is 2.76. The van der Waals surface area contributed by atoms with Gasteiger partial charge in [0.25, 0.3) is 5.91 Å². The first kappa shape index (κ1) is 19.5. The molecule has 3 rings (SSSR count). The number of carbonyl (C=O) groups excluding carboxylic acids is 3. The molecule has 1 aliphatic heterocycles. The summed E-state index contributed by atoms with van der Waals surface area (Å²) in [6, 6.07) is 9.85. The predicted octanol–water partition coefficient (Wildman–Crippen LogP) is 3.39. The number of halogens is 1. The number of ether oxygens (including phenoxy) is 1. The number of hydrogen-bond donors (Lipinski definition) is 1. The van der Waals surface area contributed by atoms with Crippen molar-refractivity contribution in [1.82, 2.24) is 10.2 Å². The van der Waals surface area contributed by atoms with Crippen molar-refractivity contribution in [2.24, 2.45) is 0 Å². The molecule has 1 aliphatic rings. The molecule has 2 aromatic carbocycles. The maximum atomic E-state index is 13.3. The van der Waals surface area contributed by atoms with Crippen molar-refractivity contribution in [2.75, 3.05) is 7.11 Å². The monoisotopic (exact) mass is 384 g/mol. The van der Waals surface area contributed by atoms with Crippen LogP contribution in [0.4, 0.5) is 9.18 Å². The van der Waals surface area contributed by atoms with Gasteiger partial charge in [-0.3, -0.25) is 14.5 Å². The smallest absolute Gasteiger partial charge is 0.325 e. The molecule has 146 valence electrons. The van der Waals surface area contributed by atoms with Gasteiger partial charge < -0.3 is 10.1 Å². The van der Waals surface area contributed by atoms with Crippen molar-refractivity contribution in [2.45, 2.75) is 32.4 Å². The SMILES string of the molecule is CCC1(c2ccc(F)cc2)NC(=O)N(Cc2cc(C(C)=O)ccc2OC)C1=O. The number of Topliss-reactive ketones (excluding diaryl/α,β-unsaturated/α-hetero) is 1. The minimum absolute atomic E-state index is 0.0437. The number of hydrogen-bond acceptors (Lipinski definition) is 4.